The molecule has 1 aliphatic heterocycles. The Kier molecular flexibility index (Phi) is 6.54. The van der Waals surface area contributed by atoms with Crippen LogP contribution in [-0.2, 0) is 19.3 Å². The molecule has 2 fully saturated rings. The third-order valence-electron chi connectivity index (χ3n) is 6.86. The smallest absolute Gasteiger partial charge is 0.175 e. The van der Waals surface area contributed by atoms with Gasteiger partial charge in [0, 0.05) is 24.5 Å². The predicted molar refractivity (Wildman–Crippen MR) is 120 cm³/mol. The van der Waals surface area contributed by atoms with Crippen molar-refractivity contribution in [2.24, 2.45) is 5.92 Å². The van der Waals surface area contributed by atoms with E-state index in [1.54, 1.807) is 12.1 Å². The molecule has 1 saturated carbocycles. The zero-order chi connectivity index (χ0) is 22.1. The van der Waals surface area contributed by atoms with E-state index in [-0.39, 0.29) is 17.9 Å². The third-order valence-corrected chi connectivity index (χ3v) is 7.99. The van der Waals surface area contributed by atoms with Crippen LogP contribution in [0.3, 0.4) is 0 Å². The first-order valence-electron chi connectivity index (χ1n) is 11.1. The average Bonchev–Trinajstić information content (AvgIpc) is 3.22. The van der Waals surface area contributed by atoms with Gasteiger partial charge in [-0.2, -0.15) is 0 Å². The van der Waals surface area contributed by atoms with E-state index in [0.717, 1.165) is 31.2 Å². The number of hydrogen-bond acceptors (Lipinski definition) is 5. The molecule has 1 aliphatic carbocycles. The van der Waals surface area contributed by atoms with Crippen LogP contribution in [0.4, 0.5) is 0 Å². The van der Waals surface area contributed by atoms with Crippen molar-refractivity contribution in [1.82, 2.24) is 0 Å². The molecule has 168 valence electrons. The molecule has 1 saturated heterocycles. The summed E-state index contributed by atoms with van der Waals surface area (Å²) in [6.07, 6.45) is 4.98. The fourth-order valence-electron chi connectivity index (χ4n) is 5.12. The normalized spacial score (nSPS) is 24.7. The first-order chi connectivity index (χ1) is 14.8. The number of hydrogen-bond donors (Lipinski definition) is 1. The molecule has 6 heteroatoms. The molecule has 0 bridgehead atoms. The van der Waals surface area contributed by atoms with Crippen LogP contribution in [0.25, 0.3) is 0 Å². The molecule has 1 N–H and O–H groups in total. The molecular formula is C25H32O5S. The molecular weight excluding hydrogens is 412 g/mol. The van der Waals surface area contributed by atoms with Crippen molar-refractivity contribution in [3.63, 3.8) is 0 Å². The topological polar surface area (TPSA) is 72.8 Å². The monoisotopic (exact) mass is 444 g/mol. The number of aliphatic hydroxyl groups excluding tert-OH is 1. The van der Waals surface area contributed by atoms with Crippen LogP contribution in [0.1, 0.15) is 54.7 Å². The van der Waals surface area contributed by atoms with Gasteiger partial charge in [-0.05, 0) is 61.4 Å². The summed E-state index contributed by atoms with van der Waals surface area (Å²) in [4.78, 5) is 0.323. The molecule has 0 spiro atoms. The Labute approximate surface area is 185 Å². The van der Waals surface area contributed by atoms with Crippen molar-refractivity contribution < 1.29 is 23.0 Å². The van der Waals surface area contributed by atoms with Crippen molar-refractivity contribution >= 4 is 9.84 Å². The number of sulfone groups is 1. The van der Waals surface area contributed by atoms with Crippen molar-refractivity contribution in [2.75, 3.05) is 19.5 Å². The molecule has 0 amide bonds. The van der Waals surface area contributed by atoms with Gasteiger partial charge in [0.2, 0.25) is 0 Å². The SMILES string of the molecule is Cc1ccccc1C(CC1(C2CCC(O)CC2)OCCO1)c1ccc(S(C)(=O)=O)cc1. The molecule has 1 atom stereocenters. The molecule has 5 nitrogen and oxygen atoms in total. The first kappa shape index (κ1) is 22.5. The maximum atomic E-state index is 11.9. The molecule has 2 aliphatic rings. The van der Waals surface area contributed by atoms with E-state index in [0.29, 0.717) is 24.5 Å². The molecule has 1 heterocycles. The van der Waals surface area contributed by atoms with Gasteiger partial charge in [-0.25, -0.2) is 8.42 Å². The summed E-state index contributed by atoms with van der Waals surface area (Å²) in [7, 11) is -3.25. The minimum absolute atomic E-state index is 0.0137. The van der Waals surface area contributed by atoms with Gasteiger partial charge in [0.05, 0.1) is 24.2 Å². The largest absolute Gasteiger partial charge is 0.393 e. The van der Waals surface area contributed by atoms with Crippen molar-refractivity contribution in [1.29, 1.82) is 0 Å². The highest BCUT2D eigenvalue weighted by Crippen LogP contribution is 2.46. The Morgan fingerprint density at radius 2 is 1.61 bits per heavy atom. The standard InChI is InChI=1S/C25H32O5S/c1-18-5-3-4-6-23(18)24(19-7-13-22(14-8-19)31(2,27)28)17-25(29-15-16-30-25)20-9-11-21(26)12-10-20/h3-8,13-14,20-21,24,26H,9-12,15-17H2,1-2H3. The molecule has 0 aromatic heterocycles. The van der Waals surface area contributed by atoms with Crippen molar-refractivity contribution in [3.8, 4) is 0 Å². The van der Waals surface area contributed by atoms with Crippen LogP contribution in [0.15, 0.2) is 53.4 Å². The molecule has 4 rings (SSSR count). The van der Waals surface area contributed by atoms with Gasteiger partial charge in [-0.1, -0.05) is 36.4 Å². The fraction of sp³-hybridized carbons (Fsp3) is 0.520. The number of benzene rings is 2. The first-order valence-corrected chi connectivity index (χ1v) is 13.0. The maximum absolute atomic E-state index is 11.9. The molecule has 2 aromatic rings. The fourth-order valence-corrected chi connectivity index (χ4v) is 5.75. The minimum Gasteiger partial charge on any atom is -0.393 e. The van der Waals surface area contributed by atoms with Crippen LogP contribution in [0.5, 0.6) is 0 Å². The molecule has 1 unspecified atom stereocenters. The number of ether oxygens (including phenoxy) is 2. The van der Waals surface area contributed by atoms with Gasteiger partial charge in [0.25, 0.3) is 0 Å². The third kappa shape index (κ3) is 4.87. The minimum atomic E-state index is -3.25. The summed E-state index contributed by atoms with van der Waals surface area (Å²) in [5, 5.41) is 9.99. The Bertz CT molecular complexity index is 985. The van der Waals surface area contributed by atoms with Crippen LogP contribution in [-0.4, -0.2) is 44.9 Å². The number of aliphatic hydroxyl groups is 1. The summed E-state index contributed by atoms with van der Waals surface area (Å²) in [6, 6.07) is 15.5. The zero-order valence-corrected chi connectivity index (χ0v) is 19.1. The van der Waals surface area contributed by atoms with E-state index >= 15 is 0 Å². The lowest BCUT2D eigenvalue weighted by molar-refractivity contribution is -0.211. The molecule has 31 heavy (non-hydrogen) atoms. The summed E-state index contributed by atoms with van der Waals surface area (Å²) in [5.74, 6) is -0.428. The lowest BCUT2D eigenvalue weighted by Crippen LogP contribution is -2.43. The van der Waals surface area contributed by atoms with E-state index in [9.17, 15) is 13.5 Å². The second kappa shape index (κ2) is 9.02. The van der Waals surface area contributed by atoms with E-state index in [4.69, 9.17) is 9.47 Å². The summed E-state index contributed by atoms with van der Waals surface area (Å²) in [5.41, 5.74) is 3.44. The average molecular weight is 445 g/mol. The van der Waals surface area contributed by atoms with Gasteiger partial charge in [0.15, 0.2) is 15.6 Å². The highest BCUT2D eigenvalue weighted by Gasteiger charge is 2.47. The second-order valence-electron chi connectivity index (χ2n) is 8.97. The Balaban J connectivity index is 1.71. The van der Waals surface area contributed by atoms with Gasteiger partial charge >= 0.3 is 0 Å². The van der Waals surface area contributed by atoms with Crippen molar-refractivity contribution in [3.05, 3.63) is 65.2 Å². The van der Waals surface area contributed by atoms with E-state index in [2.05, 4.69) is 19.1 Å². The Morgan fingerprint density at radius 3 is 2.19 bits per heavy atom. The molecule has 2 aromatic carbocycles. The number of aryl methyl sites for hydroxylation is 1. The highest BCUT2D eigenvalue weighted by atomic mass is 32.2. The van der Waals surface area contributed by atoms with Crippen LogP contribution >= 0.6 is 0 Å². The van der Waals surface area contributed by atoms with Gasteiger partial charge in [-0.15, -0.1) is 0 Å². The van der Waals surface area contributed by atoms with Crippen LogP contribution in [0.2, 0.25) is 0 Å². The van der Waals surface area contributed by atoms with Crippen LogP contribution in [0, 0.1) is 12.8 Å². The van der Waals surface area contributed by atoms with Gasteiger partial charge in [0.1, 0.15) is 0 Å². The Morgan fingerprint density at radius 1 is 1.00 bits per heavy atom. The zero-order valence-electron chi connectivity index (χ0n) is 18.3. The van der Waals surface area contributed by atoms with Crippen molar-refractivity contribution in [2.45, 2.75) is 61.7 Å². The summed E-state index contributed by atoms with van der Waals surface area (Å²) < 4.78 is 36.5. The maximum Gasteiger partial charge on any atom is 0.175 e. The van der Waals surface area contributed by atoms with E-state index in [1.165, 1.54) is 17.4 Å². The quantitative estimate of drug-likeness (QED) is 0.722. The lowest BCUT2D eigenvalue weighted by Gasteiger charge is -2.41. The van der Waals surface area contributed by atoms with E-state index < -0.39 is 15.6 Å². The number of rotatable bonds is 6. The van der Waals surface area contributed by atoms with Gasteiger partial charge < -0.3 is 14.6 Å². The summed E-state index contributed by atoms with van der Waals surface area (Å²) in [6.45, 7) is 3.26. The molecule has 0 radical (unpaired) electrons. The van der Waals surface area contributed by atoms with E-state index in [1.807, 2.05) is 24.3 Å². The van der Waals surface area contributed by atoms with Gasteiger partial charge in [-0.3, -0.25) is 0 Å². The lowest BCUT2D eigenvalue weighted by atomic mass is 9.75. The summed E-state index contributed by atoms with van der Waals surface area (Å²) >= 11 is 0. The Hall–Kier alpha value is -1.73. The highest BCUT2D eigenvalue weighted by molar-refractivity contribution is 7.90. The predicted octanol–water partition coefficient (Wildman–Crippen LogP) is 4.21. The second-order valence-corrected chi connectivity index (χ2v) is 11.0. The van der Waals surface area contributed by atoms with Crippen LogP contribution < -0.4 is 0 Å².